The third-order valence-corrected chi connectivity index (χ3v) is 4.74. The first-order chi connectivity index (χ1) is 11.7. The van der Waals surface area contributed by atoms with Crippen molar-refractivity contribution in [3.8, 4) is 33.8 Å². The van der Waals surface area contributed by atoms with Crippen molar-refractivity contribution in [3.05, 3.63) is 75.6 Å². The second-order valence-electron chi connectivity index (χ2n) is 5.25. The minimum Gasteiger partial charge on any atom is -0.445 e. The molecule has 0 amide bonds. The van der Waals surface area contributed by atoms with Gasteiger partial charge in [0.15, 0.2) is 5.22 Å². The molecule has 5 heteroatoms. The van der Waals surface area contributed by atoms with Crippen LogP contribution < -0.4 is 0 Å². The molecule has 3 aromatic heterocycles. The molecule has 0 bridgehead atoms. The molecule has 0 aliphatic rings. The van der Waals surface area contributed by atoms with Gasteiger partial charge in [0.25, 0.3) is 0 Å². The lowest BCUT2D eigenvalue weighted by Crippen LogP contribution is -1.89. The van der Waals surface area contributed by atoms with Crippen molar-refractivity contribution in [2.45, 2.75) is 0 Å². The first-order valence-corrected chi connectivity index (χ1v) is 8.95. The van der Waals surface area contributed by atoms with Crippen LogP contribution in [0.1, 0.15) is 0 Å². The lowest BCUT2D eigenvalue weighted by atomic mass is 10.0. The number of nitrogens with zero attached hydrogens (tertiary/aromatic N) is 1. The molecular formula is C19H11Cl2NOS. The van der Waals surface area contributed by atoms with Crippen molar-refractivity contribution in [2.24, 2.45) is 0 Å². The third-order valence-electron chi connectivity index (χ3n) is 3.62. The van der Waals surface area contributed by atoms with E-state index < -0.39 is 0 Å². The summed E-state index contributed by atoms with van der Waals surface area (Å²) in [5.74, 6) is 0.710. The minimum atomic E-state index is 0.364. The quantitative estimate of drug-likeness (QED) is 0.385. The van der Waals surface area contributed by atoms with E-state index in [1.807, 2.05) is 53.9 Å². The summed E-state index contributed by atoms with van der Waals surface area (Å²) in [7, 11) is 0. The minimum absolute atomic E-state index is 0.364. The van der Waals surface area contributed by atoms with E-state index in [1.165, 1.54) is 0 Å². The van der Waals surface area contributed by atoms with Crippen LogP contribution in [0.3, 0.4) is 0 Å². The van der Waals surface area contributed by atoms with Gasteiger partial charge in [-0.05, 0) is 59.4 Å². The Morgan fingerprint density at radius 1 is 0.833 bits per heavy atom. The molecule has 0 saturated carbocycles. The van der Waals surface area contributed by atoms with Gasteiger partial charge in [-0.2, -0.15) is 11.3 Å². The van der Waals surface area contributed by atoms with Crippen LogP contribution in [0.5, 0.6) is 0 Å². The Labute approximate surface area is 153 Å². The molecule has 4 aromatic rings. The summed E-state index contributed by atoms with van der Waals surface area (Å²) >= 11 is 13.7. The highest BCUT2D eigenvalue weighted by atomic mass is 35.5. The van der Waals surface area contributed by atoms with E-state index >= 15 is 0 Å². The zero-order chi connectivity index (χ0) is 16.5. The van der Waals surface area contributed by atoms with Gasteiger partial charge in [-0.3, -0.25) is 0 Å². The number of rotatable bonds is 3. The zero-order valence-corrected chi connectivity index (χ0v) is 14.7. The molecule has 3 heterocycles. The van der Waals surface area contributed by atoms with E-state index in [0.29, 0.717) is 16.0 Å². The summed E-state index contributed by atoms with van der Waals surface area (Å²) in [5, 5.41) is 5.15. The molecule has 0 atom stereocenters. The van der Waals surface area contributed by atoms with Crippen molar-refractivity contribution in [2.75, 3.05) is 0 Å². The van der Waals surface area contributed by atoms with E-state index in [0.717, 1.165) is 28.1 Å². The maximum absolute atomic E-state index is 6.13. The molecule has 0 N–H and O–H groups in total. The predicted octanol–water partition coefficient (Wildman–Crippen LogP) is 7.04. The van der Waals surface area contributed by atoms with Gasteiger partial charge in [0.2, 0.25) is 0 Å². The number of aromatic nitrogens is 1. The molecule has 4 rings (SSSR count). The molecule has 0 spiro atoms. The normalized spacial score (nSPS) is 10.9. The fraction of sp³-hybridized carbons (Fsp3) is 0. The first kappa shape index (κ1) is 15.5. The van der Waals surface area contributed by atoms with E-state index in [4.69, 9.17) is 32.6 Å². The van der Waals surface area contributed by atoms with Crippen LogP contribution in [-0.4, -0.2) is 4.98 Å². The van der Waals surface area contributed by atoms with Crippen LogP contribution in [0.4, 0.5) is 0 Å². The number of furan rings is 1. The Hall–Kier alpha value is -2.07. The number of benzene rings is 1. The van der Waals surface area contributed by atoms with Crippen LogP contribution in [0.25, 0.3) is 33.8 Å². The number of hydrogen-bond acceptors (Lipinski definition) is 3. The fourth-order valence-corrected chi connectivity index (χ4v) is 3.48. The van der Waals surface area contributed by atoms with Gasteiger partial charge in [-0.1, -0.05) is 23.7 Å². The summed E-state index contributed by atoms with van der Waals surface area (Å²) in [6.45, 7) is 0. The Morgan fingerprint density at radius 2 is 1.67 bits per heavy atom. The van der Waals surface area contributed by atoms with Crippen molar-refractivity contribution in [1.82, 2.24) is 4.98 Å². The average Bonchev–Trinajstić information content (AvgIpc) is 3.26. The van der Waals surface area contributed by atoms with E-state index in [1.54, 1.807) is 17.4 Å². The van der Waals surface area contributed by atoms with Gasteiger partial charge < -0.3 is 4.42 Å². The molecular weight excluding hydrogens is 361 g/mol. The summed E-state index contributed by atoms with van der Waals surface area (Å²) in [6.07, 6.45) is 0. The summed E-state index contributed by atoms with van der Waals surface area (Å²) in [4.78, 5) is 4.79. The molecule has 0 aliphatic carbocycles. The second kappa shape index (κ2) is 6.44. The van der Waals surface area contributed by atoms with Gasteiger partial charge in [-0.15, -0.1) is 0 Å². The smallest absolute Gasteiger partial charge is 0.193 e. The standard InChI is InChI=1S/C19H11Cl2NOS/c20-15-3-1-2-12(8-15)16-9-14(18-4-5-19(21)23-18)10-17(22-16)13-6-7-24-11-13/h1-11H. The van der Waals surface area contributed by atoms with Gasteiger partial charge >= 0.3 is 0 Å². The number of hydrogen-bond donors (Lipinski definition) is 0. The largest absolute Gasteiger partial charge is 0.445 e. The monoisotopic (exact) mass is 371 g/mol. The van der Waals surface area contributed by atoms with Gasteiger partial charge in [-0.25, -0.2) is 4.98 Å². The zero-order valence-electron chi connectivity index (χ0n) is 12.4. The highest BCUT2D eigenvalue weighted by Crippen LogP contribution is 2.33. The molecule has 2 nitrogen and oxygen atoms in total. The maximum atomic E-state index is 6.13. The fourth-order valence-electron chi connectivity index (χ4n) is 2.50. The lowest BCUT2D eigenvalue weighted by Gasteiger charge is -2.08. The molecule has 0 fully saturated rings. The molecule has 0 saturated heterocycles. The molecule has 0 aliphatic heterocycles. The van der Waals surface area contributed by atoms with Crippen molar-refractivity contribution < 1.29 is 4.42 Å². The summed E-state index contributed by atoms with van der Waals surface area (Å²) in [5.41, 5.74) is 4.68. The summed E-state index contributed by atoms with van der Waals surface area (Å²) < 4.78 is 5.57. The van der Waals surface area contributed by atoms with Gasteiger partial charge in [0, 0.05) is 27.1 Å². The third kappa shape index (κ3) is 3.11. The predicted molar refractivity (Wildman–Crippen MR) is 101 cm³/mol. The number of thiophene rings is 1. The molecule has 1 aromatic carbocycles. The van der Waals surface area contributed by atoms with Gasteiger partial charge in [0.05, 0.1) is 11.4 Å². The topological polar surface area (TPSA) is 26.0 Å². The Balaban J connectivity index is 1.91. The first-order valence-electron chi connectivity index (χ1n) is 7.25. The van der Waals surface area contributed by atoms with Crippen LogP contribution >= 0.6 is 34.5 Å². The summed E-state index contributed by atoms with van der Waals surface area (Å²) in [6, 6.07) is 17.3. The van der Waals surface area contributed by atoms with Crippen LogP contribution in [0.15, 0.2) is 69.8 Å². The average molecular weight is 372 g/mol. The van der Waals surface area contributed by atoms with Crippen LogP contribution in [-0.2, 0) is 0 Å². The van der Waals surface area contributed by atoms with Crippen LogP contribution in [0.2, 0.25) is 10.2 Å². The Kier molecular flexibility index (Phi) is 4.15. The molecule has 0 unspecified atom stereocenters. The highest BCUT2D eigenvalue weighted by molar-refractivity contribution is 7.08. The van der Waals surface area contributed by atoms with E-state index in [-0.39, 0.29) is 0 Å². The van der Waals surface area contributed by atoms with Crippen molar-refractivity contribution in [1.29, 1.82) is 0 Å². The molecule has 118 valence electrons. The number of pyridine rings is 1. The molecule has 0 radical (unpaired) electrons. The highest BCUT2D eigenvalue weighted by Gasteiger charge is 2.11. The Bertz CT molecular complexity index is 992. The molecule has 24 heavy (non-hydrogen) atoms. The van der Waals surface area contributed by atoms with Gasteiger partial charge in [0.1, 0.15) is 5.76 Å². The second-order valence-corrected chi connectivity index (χ2v) is 6.84. The van der Waals surface area contributed by atoms with E-state index in [2.05, 4.69) is 5.38 Å². The lowest BCUT2D eigenvalue weighted by molar-refractivity contribution is 0.584. The van der Waals surface area contributed by atoms with E-state index in [9.17, 15) is 0 Å². The Morgan fingerprint density at radius 3 is 2.33 bits per heavy atom. The van der Waals surface area contributed by atoms with Crippen LogP contribution in [0, 0.1) is 0 Å². The SMILES string of the molecule is Clc1cccc(-c2cc(-c3ccc(Cl)o3)cc(-c3ccsc3)n2)c1. The van der Waals surface area contributed by atoms with Crippen molar-refractivity contribution in [3.63, 3.8) is 0 Å². The number of halogens is 2. The van der Waals surface area contributed by atoms with Crippen molar-refractivity contribution >= 4 is 34.5 Å². The maximum Gasteiger partial charge on any atom is 0.193 e.